The number of nitrogens with one attached hydrogen (secondary N) is 1. The van der Waals surface area contributed by atoms with Gasteiger partial charge in [0.05, 0.1) is 16.9 Å². The van der Waals surface area contributed by atoms with Crippen LogP contribution in [0.2, 0.25) is 0 Å². The Balaban J connectivity index is 1.84. The molecule has 0 bridgehead atoms. The summed E-state index contributed by atoms with van der Waals surface area (Å²) < 4.78 is 5.15. The Morgan fingerprint density at radius 2 is 2.43 bits per heavy atom. The number of ketones is 1. The molecule has 1 aliphatic carbocycles. The minimum atomic E-state index is -0.394. The van der Waals surface area contributed by atoms with Crippen LogP contribution in [0.5, 0.6) is 0 Å². The van der Waals surface area contributed by atoms with Gasteiger partial charge in [-0.25, -0.2) is 9.97 Å². The third-order valence-electron chi connectivity index (χ3n) is 3.32. The highest BCUT2D eigenvalue weighted by Gasteiger charge is 2.28. The molecule has 7 heteroatoms. The van der Waals surface area contributed by atoms with Gasteiger partial charge in [0.15, 0.2) is 5.78 Å². The van der Waals surface area contributed by atoms with E-state index in [0.717, 1.165) is 11.4 Å². The zero-order valence-corrected chi connectivity index (χ0v) is 12.1. The number of thiophene rings is 1. The summed E-state index contributed by atoms with van der Waals surface area (Å²) in [7, 11) is 1.54. The molecule has 0 amide bonds. The van der Waals surface area contributed by atoms with Gasteiger partial charge in [0.1, 0.15) is 17.1 Å². The van der Waals surface area contributed by atoms with Gasteiger partial charge in [0.2, 0.25) is 5.95 Å². The lowest BCUT2D eigenvalue weighted by Crippen LogP contribution is -2.30. The average Bonchev–Trinajstić information content (AvgIpc) is 2.95. The van der Waals surface area contributed by atoms with Crippen LogP contribution in [0.4, 0.5) is 11.6 Å². The second-order valence-corrected chi connectivity index (χ2v) is 5.53. The first kappa shape index (κ1) is 13.7. The zero-order valence-electron chi connectivity index (χ0n) is 11.3. The number of aryl methyl sites for hydroxylation is 1. The van der Waals surface area contributed by atoms with E-state index in [1.54, 1.807) is 6.07 Å². The van der Waals surface area contributed by atoms with E-state index in [-0.39, 0.29) is 5.78 Å². The molecule has 2 aromatic rings. The van der Waals surface area contributed by atoms with Crippen LogP contribution in [-0.4, -0.2) is 29.0 Å². The van der Waals surface area contributed by atoms with E-state index in [4.69, 9.17) is 10.00 Å². The summed E-state index contributed by atoms with van der Waals surface area (Å²) in [6, 6.07) is 3.81. The standard InChI is InChI=1S/C14H12N4O2S/c1-20-12-3-2-11-10(13(12)19)6-16-14(18-11)17-8-4-9(5-15)21-7-8/h4,6-7,12H,2-3H2,1H3,(H,16,17,18). The first-order valence-corrected chi connectivity index (χ1v) is 7.28. The van der Waals surface area contributed by atoms with E-state index < -0.39 is 6.10 Å². The SMILES string of the molecule is COC1CCc2nc(Nc3csc(C#N)c3)ncc2C1=O. The van der Waals surface area contributed by atoms with Crippen LogP contribution in [0, 0.1) is 11.3 Å². The average molecular weight is 300 g/mol. The predicted octanol–water partition coefficient (Wildman–Crippen LogP) is 2.30. The Morgan fingerprint density at radius 1 is 1.57 bits per heavy atom. The second-order valence-electron chi connectivity index (χ2n) is 4.62. The monoisotopic (exact) mass is 300 g/mol. The van der Waals surface area contributed by atoms with Gasteiger partial charge in [-0.15, -0.1) is 11.3 Å². The smallest absolute Gasteiger partial charge is 0.227 e. The molecule has 0 spiro atoms. The molecule has 21 heavy (non-hydrogen) atoms. The number of rotatable bonds is 3. The minimum Gasteiger partial charge on any atom is -0.373 e. The highest BCUT2D eigenvalue weighted by atomic mass is 32.1. The maximum atomic E-state index is 12.1. The summed E-state index contributed by atoms with van der Waals surface area (Å²) in [5.41, 5.74) is 2.04. The molecular formula is C14H12N4O2S. The summed E-state index contributed by atoms with van der Waals surface area (Å²) in [6.45, 7) is 0. The van der Waals surface area contributed by atoms with Gasteiger partial charge in [0.25, 0.3) is 0 Å². The molecule has 6 nitrogen and oxygen atoms in total. The van der Waals surface area contributed by atoms with Crippen molar-refractivity contribution in [2.45, 2.75) is 18.9 Å². The molecule has 1 aliphatic rings. The number of anilines is 2. The molecule has 1 atom stereocenters. The zero-order chi connectivity index (χ0) is 14.8. The van der Waals surface area contributed by atoms with Gasteiger partial charge in [-0.1, -0.05) is 0 Å². The first-order chi connectivity index (χ1) is 10.2. The van der Waals surface area contributed by atoms with Crippen molar-refractivity contribution in [3.8, 4) is 6.07 Å². The number of hydrogen-bond acceptors (Lipinski definition) is 7. The van der Waals surface area contributed by atoms with Gasteiger partial charge in [-0.05, 0) is 18.9 Å². The van der Waals surface area contributed by atoms with E-state index in [1.165, 1.54) is 24.6 Å². The maximum absolute atomic E-state index is 12.1. The number of Topliss-reactive ketones (excluding diaryl/α,β-unsaturated/α-hetero) is 1. The Labute approximate surface area is 125 Å². The molecule has 2 aromatic heterocycles. The minimum absolute atomic E-state index is 0.0624. The summed E-state index contributed by atoms with van der Waals surface area (Å²) in [4.78, 5) is 21.3. The maximum Gasteiger partial charge on any atom is 0.227 e. The molecule has 106 valence electrons. The lowest BCUT2D eigenvalue weighted by Gasteiger charge is -2.21. The Hall–Kier alpha value is -2.30. The van der Waals surface area contributed by atoms with E-state index in [9.17, 15) is 4.79 Å². The third-order valence-corrected chi connectivity index (χ3v) is 4.15. The van der Waals surface area contributed by atoms with Crippen molar-refractivity contribution in [2.75, 3.05) is 12.4 Å². The number of fused-ring (bicyclic) bond motifs is 1. The molecular weight excluding hydrogens is 288 g/mol. The Bertz CT molecular complexity index is 735. The summed E-state index contributed by atoms with van der Waals surface area (Å²) in [6.07, 6.45) is 2.46. The number of nitriles is 1. The number of carbonyl (C=O) groups excluding carboxylic acids is 1. The van der Waals surface area contributed by atoms with Gasteiger partial charge in [-0.3, -0.25) is 4.79 Å². The number of ether oxygens (including phenoxy) is 1. The van der Waals surface area contributed by atoms with Gasteiger partial charge < -0.3 is 10.1 Å². The number of hydrogen-bond donors (Lipinski definition) is 1. The largest absolute Gasteiger partial charge is 0.373 e. The van der Waals surface area contributed by atoms with E-state index in [1.807, 2.05) is 5.38 Å². The quantitative estimate of drug-likeness (QED) is 0.935. The van der Waals surface area contributed by atoms with E-state index in [2.05, 4.69) is 21.4 Å². The highest BCUT2D eigenvalue weighted by Crippen LogP contribution is 2.24. The number of methoxy groups -OCH3 is 1. The van der Waals surface area contributed by atoms with E-state index in [0.29, 0.717) is 29.2 Å². The normalized spacial score (nSPS) is 17.1. The van der Waals surface area contributed by atoms with Crippen LogP contribution >= 0.6 is 11.3 Å². The predicted molar refractivity (Wildman–Crippen MR) is 77.8 cm³/mol. The van der Waals surface area contributed by atoms with Crippen molar-refractivity contribution < 1.29 is 9.53 Å². The van der Waals surface area contributed by atoms with Crippen molar-refractivity contribution in [3.63, 3.8) is 0 Å². The second kappa shape index (κ2) is 5.60. The van der Waals surface area contributed by atoms with Crippen LogP contribution in [-0.2, 0) is 11.2 Å². The van der Waals surface area contributed by atoms with Gasteiger partial charge in [-0.2, -0.15) is 5.26 Å². The van der Waals surface area contributed by atoms with Crippen LogP contribution in [0.25, 0.3) is 0 Å². The van der Waals surface area contributed by atoms with Crippen molar-refractivity contribution in [1.29, 1.82) is 5.26 Å². The van der Waals surface area contributed by atoms with Crippen molar-refractivity contribution in [2.24, 2.45) is 0 Å². The lowest BCUT2D eigenvalue weighted by atomic mass is 9.93. The fourth-order valence-corrected chi connectivity index (χ4v) is 2.89. The molecule has 0 aliphatic heterocycles. The van der Waals surface area contributed by atoms with Crippen molar-refractivity contribution in [3.05, 3.63) is 33.8 Å². The molecule has 3 rings (SSSR count). The molecule has 0 saturated carbocycles. The molecule has 0 saturated heterocycles. The molecule has 2 heterocycles. The Kier molecular flexibility index (Phi) is 3.64. The van der Waals surface area contributed by atoms with Crippen LogP contribution in [0.3, 0.4) is 0 Å². The highest BCUT2D eigenvalue weighted by molar-refractivity contribution is 7.11. The lowest BCUT2D eigenvalue weighted by molar-refractivity contribution is 0.0557. The molecule has 0 fully saturated rings. The van der Waals surface area contributed by atoms with Gasteiger partial charge >= 0.3 is 0 Å². The molecule has 0 aromatic carbocycles. The molecule has 1 N–H and O–H groups in total. The number of aromatic nitrogens is 2. The fourth-order valence-electron chi connectivity index (χ4n) is 2.26. The number of carbonyl (C=O) groups is 1. The van der Waals surface area contributed by atoms with Gasteiger partial charge in [0, 0.05) is 18.7 Å². The summed E-state index contributed by atoms with van der Waals surface area (Å²) >= 11 is 1.35. The van der Waals surface area contributed by atoms with Crippen molar-refractivity contribution >= 4 is 28.8 Å². The number of nitrogens with zero attached hydrogens (tertiary/aromatic N) is 3. The summed E-state index contributed by atoms with van der Waals surface area (Å²) in [5, 5.41) is 13.7. The third kappa shape index (κ3) is 2.63. The fraction of sp³-hybridized carbons (Fsp3) is 0.286. The molecule has 0 radical (unpaired) electrons. The Morgan fingerprint density at radius 3 is 3.14 bits per heavy atom. The van der Waals surface area contributed by atoms with Crippen LogP contribution in [0.1, 0.15) is 27.3 Å². The van der Waals surface area contributed by atoms with Crippen molar-refractivity contribution in [1.82, 2.24) is 9.97 Å². The van der Waals surface area contributed by atoms with Crippen LogP contribution in [0.15, 0.2) is 17.6 Å². The first-order valence-electron chi connectivity index (χ1n) is 6.40. The van der Waals surface area contributed by atoms with Crippen LogP contribution < -0.4 is 5.32 Å². The topological polar surface area (TPSA) is 87.9 Å². The molecule has 1 unspecified atom stereocenters. The van der Waals surface area contributed by atoms with E-state index >= 15 is 0 Å². The summed E-state index contributed by atoms with van der Waals surface area (Å²) in [5.74, 6) is 0.368.